The highest BCUT2D eigenvalue weighted by Gasteiger charge is 2.18. The number of hydrogen-bond donors (Lipinski definition) is 2. The van der Waals surface area contributed by atoms with Gasteiger partial charge in [-0.2, -0.15) is 0 Å². The Bertz CT molecular complexity index is 195. The van der Waals surface area contributed by atoms with Gasteiger partial charge in [0.15, 0.2) is 0 Å². The van der Waals surface area contributed by atoms with Gasteiger partial charge in [0.1, 0.15) is 0 Å². The molecule has 0 fully saturated rings. The van der Waals surface area contributed by atoms with Crippen LogP contribution >= 0.6 is 0 Å². The van der Waals surface area contributed by atoms with Crippen molar-refractivity contribution in [1.29, 1.82) is 0 Å². The smallest absolute Gasteiger partial charge is 0.0876 e. The molecular formula is C10H20N2O2. The van der Waals surface area contributed by atoms with Crippen molar-refractivity contribution in [1.82, 2.24) is 5.43 Å². The number of hydrogen-bond acceptors (Lipinski definition) is 4. The van der Waals surface area contributed by atoms with E-state index in [-0.39, 0.29) is 12.1 Å². The third-order valence-electron chi connectivity index (χ3n) is 2.58. The summed E-state index contributed by atoms with van der Waals surface area (Å²) in [7, 11) is 1.71. The summed E-state index contributed by atoms with van der Waals surface area (Å²) in [4.78, 5) is 0. The molecule has 0 aromatic rings. The Morgan fingerprint density at radius 2 is 2.50 bits per heavy atom. The van der Waals surface area contributed by atoms with E-state index >= 15 is 0 Å². The number of ether oxygens (including phenoxy) is 2. The first kappa shape index (κ1) is 11.5. The summed E-state index contributed by atoms with van der Waals surface area (Å²) < 4.78 is 10.5. The van der Waals surface area contributed by atoms with E-state index in [1.54, 1.807) is 7.11 Å². The Kier molecular flexibility index (Phi) is 4.93. The van der Waals surface area contributed by atoms with Crippen molar-refractivity contribution in [2.45, 2.75) is 38.3 Å². The van der Waals surface area contributed by atoms with Gasteiger partial charge in [0.25, 0.3) is 0 Å². The summed E-state index contributed by atoms with van der Waals surface area (Å²) in [6.07, 6.45) is 5.05. The highest BCUT2D eigenvalue weighted by atomic mass is 16.5. The standard InChI is InChI=1S/C10H20N2O2/c1-8(13-2)6-10(12-11)9-4-3-5-14-7-9/h7-8,10,12H,3-6,11H2,1-2H3. The van der Waals surface area contributed by atoms with Gasteiger partial charge in [0, 0.05) is 13.2 Å². The molecule has 1 aliphatic heterocycles. The second kappa shape index (κ2) is 6.01. The van der Waals surface area contributed by atoms with E-state index in [0.29, 0.717) is 0 Å². The van der Waals surface area contributed by atoms with Crippen LogP contribution in [0.1, 0.15) is 26.2 Å². The molecule has 4 nitrogen and oxygen atoms in total. The normalized spacial score (nSPS) is 20.9. The van der Waals surface area contributed by atoms with Crippen molar-refractivity contribution < 1.29 is 9.47 Å². The number of hydrazine groups is 1. The third kappa shape index (κ3) is 3.29. The maximum atomic E-state index is 5.50. The van der Waals surface area contributed by atoms with Crippen LogP contribution in [0.15, 0.2) is 11.8 Å². The molecule has 0 saturated carbocycles. The van der Waals surface area contributed by atoms with Crippen molar-refractivity contribution in [3.05, 3.63) is 11.8 Å². The zero-order valence-electron chi connectivity index (χ0n) is 8.95. The molecule has 0 spiro atoms. The van der Waals surface area contributed by atoms with Gasteiger partial charge in [-0.3, -0.25) is 11.3 Å². The Hall–Kier alpha value is -0.580. The summed E-state index contributed by atoms with van der Waals surface area (Å²) in [6, 6.07) is 0.172. The van der Waals surface area contributed by atoms with Crippen molar-refractivity contribution in [2.24, 2.45) is 5.84 Å². The van der Waals surface area contributed by atoms with E-state index in [1.807, 2.05) is 13.2 Å². The molecule has 0 amide bonds. The maximum absolute atomic E-state index is 5.50. The summed E-state index contributed by atoms with van der Waals surface area (Å²) in [6.45, 7) is 2.86. The second-order valence-electron chi connectivity index (χ2n) is 3.67. The molecule has 0 radical (unpaired) electrons. The molecule has 2 unspecified atom stereocenters. The molecule has 4 heteroatoms. The minimum atomic E-state index is 0.172. The molecule has 1 heterocycles. The van der Waals surface area contributed by atoms with E-state index < -0.39 is 0 Å². The molecule has 0 saturated heterocycles. The molecule has 0 aliphatic carbocycles. The Morgan fingerprint density at radius 3 is 3.00 bits per heavy atom. The Morgan fingerprint density at radius 1 is 1.71 bits per heavy atom. The molecule has 3 N–H and O–H groups in total. The lowest BCUT2D eigenvalue weighted by Crippen LogP contribution is -2.39. The van der Waals surface area contributed by atoms with E-state index in [9.17, 15) is 0 Å². The quantitative estimate of drug-likeness (QED) is 0.512. The van der Waals surface area contributed by atoms with Crippen LogP contribution in [0.4, 0.5) is 0 Å². The van der Waals surface area contributed by atoms with Gasteiger partial charge >= 0.3 is 0 Å². The predicted molar refractivity (Wildman–Crippen MR) is 55.5 cm³/mol. The monoisotopic (exact) mass is 200 g/mol. The molecule has 82 valence electrons. The summed E-state index contributed by atoms with van der Waals surface area (Å²) in [5.41, 5.74) is 4.05. The first-order valence-electron chi connectivity index (χ1n) is 5.07. The van der Waals surface area contributed by atoms with E-state index in [1.165, 1.54) is 5.57 Å². The van der Waals surface area contributed by atoms with Crippen LogP contribution in [0.25, 0.3) is 0 Å². The second-order valence-corrected chi connectivity index (χ2v) is 3.67. The minimum Gasteiger partial charge on any atom is -0.501 e. The molecule has 2 atom stereocenters. The molecule has 0 aromatic carbocycles. The summed E-state index contributed by atoms with van der Waals surface area (Å²) in [5.74, 6) is 5.50. The van der Waals surface area contributed by atoms with Crippen LogP contribution in [0.3, 0.4) is 0 Å². The van der Waals surface area contributed by atoms with Gasteiger partial charge in [0.05, 0.1) is 19.0 Å². The highest BCUT2D eigenvalue weighted by Crippen LogP contribution is 2.18. The van der Waals surface area contributed by atoms with Crippen LogP contribution in [0, 0.1) is 0 Å². The van der Waals surface area contributed by atoms with E-state index in [2.05, 4.69) is 5.43 Å². The predicted octanol–water partition coefficient (Wildman–Crippen LogP) is 0.938. The fourth-order valence-electron chi connectivity index (χ4n) is 1.60. The number of nitrogens with one attached hydrogen (secondary N) is 1. The summed E-state index contributed by atoms with van der Waals surface area (Å²) >= 11 is 0. The topological polar surface area (TPSA) is 56.5 Å². The van der Waals surface area contributed by atoms with Crippen LogP contribution in [0.5, 0.6) is 0 Å². The number of methoxy groups -OCH3 is 1. The van der Waals surface area contributed by atoms with Gasteiger partial charge in [-0.1, -0.05) is 0 Å². The first-order valence-corrected chi connectivity index (χ1v) is 5.07. The van der Waals surface area contributed by atoms with Crippen molar-refractivity contribution in [2.75, 3.05) is 13.7 Å². The average Bonchev–Trinajstić information content (AvgIpc) is 2.26. The van der Waals surface area contributed by atoms with Crippen LogP contribution in [-0.2, 0) is 9.47 Å². The van der Waals surface area contributed by atoms with Gasteiger partial charge in [0.2, 0.25) is 0 Å². The molecule has 1 aliphatic rings. The van der Waals surface area contributed by atoms with Crippen molar-refractivity contribution in [3.63, 3.8) is 0 Å². The lowest BCUT2D eigenvalue weighted by molar-refractivity contribution is 0.102. The first-order chi connectivity index (χ1) is 6.77. The zero-order valence-corrected chi connectivity index (χ0v) is 8.95. The molecule has 14 heavy (non-hydrogen) atoms. The van der Waals surface area contributed by atoms with Crippen LogP contribution in [0.2, 0.25) is 0 Å². The largest absolute Gasteiger partial charge is 0.501 e. The van der Waals surface area contributed by atoms with Gasteiger partial charge in [-0.05, 0) is 31.8 Å². The molecule has 0 aromatic heterocycles. The lowest BCUT2D eigenvalue weighted by Gasteiger charge is -2.24. The zero-order chi connectivity index (χ0) is 10.4. The highest BCUT2D eigenvalue weighted by molar-refractivity contribution is 5.09. The fraction of sp³-hybridized carbons (Fsp3) is 0.800. The Balaban J connectivity index is 2.47. The average molecular weight is 200 g/mol. The fourth-order valence-corrected chi connectivity index (χ4v) is 1.60. The summed E-state index contributed by atoms with van der Waals surface area (Å²) in [5, 5.41) is 0. The van der Waals surface area contributed by atoms with Crippen LogP contribution < -0.4 is 11.3 Å². The Labute approximate surface area is 85.4 Å². The number of rotatable bonds is 5. The number of nitrogens with two attached hydrogens (primary N) is 1. The molecular weight excluding hydrogens is 180 g/mol. The van der Waals surface area contributed by atoms with Crippen molar-refractivity contribution in [3.8, 4) is 0 Å². The van der Waals surface area contributed by atoms with Gasteiger partial charge in [-0.15, -0.1) is 0 Å². The van der Waals surface area contributed by atoms with E-state index in [0.717, 1.165) is 25.9 Å². The minimum absolute atomic E-state index is 0.172. The SMILES string of the molecule is COC(C)CC(NN)C1=COCCC1. The maximum Gasteiger partial charge on any atom is 0.0876 e. The van der Waals surface area contributed by atoms with Crippen molar-refractivity contribution >= 4 is 0 Å². The molecule has 1 rings (SSSR count). The third-order valence-corrected chi connectivity index (χ3v) is 2.58. The lowest BCUT2D eigenvalue weighted by atomic mass is 9.98. The van der Waals surface area contributed by atoms with Gasteiger partial charge < -0.3 is 9.47 Å². The van der Waals surface area contributed by atoms with E-state index in [4.69, 9.17) is 15.3 Å². The van der Waals surface area contributed by atoms with Crippen LogP contribution in [-0.4, -0.2) is 25.9 Å². The van der Waals surface area contributed by atoms with Gasteiger partial charge in [-0.25, -0.2) is 0 Å². The molecule has 0 bridgehead atoms.